The fourth-order valence-corrected chi connectivity index (χ4v) is 3.29. The zero-order valence-electron chi connectivity index (χ0n) is 18.6. The minimum atomic E-state index is -1.17. The van der Waals surface area contributed by atoms with Gasteiger partial charge < -0.3 is 24.3 Å². The van der Waals surface area contributed by atoms with Crippen LogP contribution < -0.4 is 24.8 Å². The molecule has 0 unspecified atom stereocenters. The fraction of sp³-hybridized carbons (Fsp3) is 0.591. The molecule has 2 rings (SSSR count). The van der Waals surface area contributed by atoms with Crippen LogP contribution in [0.5, 0.6) is 17.2 Å². The molecule has 1 aromatic carbocycles. The molecule has 1 saturated carbocycles. The number of carbonyl (C=O) groups is 3. The maximum Gasteiger partial charge on any atom is 0.339 e. The predicted octanol–water partition coefficient (Wildman–Crippen LogP) is 3.20. The number of nitrogens with one attached hydrogen (secondary N) is 2. The van der Waals surface area contributed by atoms with Gasteiger partial charge in [0.15, 0.2) is 17.6 Å². The van der Waals surface area contributed by atoms with E-state index in [1.807, 2.05) is 20.8 Å². The zero-order chi connectivity index (χ0) is 22.8. The van der Waals surface area contributed by atoms with Gasteiger partial charge in [-0.15, -0.1) is 0 Å². The molecule has 172 valence electrons. The first-order chi connectivity index (χ1) is 14.9. The van der Waals surface area contributed by atoms with Crippen LogP contribution in [0.25, 0.3) is 0 Å². The van der Waals surface area contributed by atoms with E-state index in [0.29, 0.717) is 37.1 Å². The molecule has 1 fully saturated rings. The SMILES string of the molecule is CCOc1cc(C(=O)O[C@@H](C)C(=O)NC(=O)NC2CCCC2)cc(OCC)c1OCC. The number of hydrogen-bond acceptors (Lipinski definition) is 7. The standard InChI is InChI=1S/C22H32N2O7/c1-5-28-17-12-15(13-18(29-6-2)19(17)30-7-3)21(26)31-14(4)20(25)24-22(27)23-16-10-8-9-11-16/h12-14,16H,5-11H2,1-4H3,(H2,23,24,25,27)/t14-/m0/s1. The predicted molar refractivity (Wildman–Crippen MR) is 114 cm³/mol. The summed E-state index contributed by atoms with van der Waals surface area (Å²) in [5.74, 6) is -0.364. The largest absolute Gasteiger partial charge is 0.490 e. The van der Waals surface area contributed by atoms with E-state index < -0.39 is 24.0 Å². The Kier molecular flexibility index (Phi) is 9.42. The molecule has 0 spiro atoms. The van der Waals surface area contributed by atoms with Crippen LogP contribution >= 0.6 is 0 Å². The molecule has 9 heteroatoms. The van der Waals surface area contributed by atoms with E-state index in [-0.39, 0.29) is 11.6 Å². The van der Waals surface area contributed by atoms with Crippen molar-refractivity contribution < 1.29 is 33.3 Å². The Balaban J connectivity index is 2.06. The summed E-state index contributed by atoms with van der Waals surface area (Å²) in [7, 11) is 0. The molecular formula is C22H32N2O7. The maximum absolute atomic E-state index is 12.7. The Hall–Kier alpha value is -2.97. The molecule has 0 saturated heterocycles. The Morgan fingerprint density at radius 3 is 2.03 bits per heavy atom. The van der Waals surface area contributed by atoms with Crippen molar-refractivity contribution in [3.8, 4) is 17.2 Å². The third-order valence-corrected chi connectivity index (χ3v) is 4.72. The average Bonchev–Trinajstić information content (AvgIpc) is 3.23. The first-order valence-electron chi connectivity index (χ1n) is 10.8. The Labute approximate surface area is 182 Å². The Morgan fingerprint density at radius 1 is 0.968 bits per heavy atom. The van der Waals surface area contributed by atoms with E-state index in [4.69, 9.17) is 18.9 Å². The lowest BCUT2D eigenvalue weighted by Gasteiger charge is -2.18. The summed E-state index contributed by atoms with van der Waals surface area (Å²) < 4.78 is 22.0. The highest BCUT2D eigenvalue weighted by molar-refractivity contribution is 5.98. The van der Waals surface area contributed by atoms with Gasteiger partial charge in [-0.3, -0.25) is 10.1 Å². The number of carbonyl (C=O) groups excluding carboxylic acids is 3. The van der Waals surface area contributed by atoms with Crippen molar-refractivity contribution in [2.24, 2.45) is 0 Å². The van der Waals surface area contributed by atoms with Crippen molar-refractivity contribution in [2.45, 2.75) is 65.5 Å². The van der Waals surface area contributed by atoms with Crippen molar-refractivity contribution in [1.82, 2.24) is 10.6 Å². The highest BCUT2D eigenvalue weighted by Gasteiger charge is 2.25. The molecule has 2 N–H and O–H groups in total. The minimum absolute atomic E-state index is 0.0727. The van der Waals surface area contributed by atoms with Crippen molar-refractivity contribution in [2.75, 3.05) is 19.8 Å². The number of amides is 3. The summed E-state index contributed by atoms with van der Waals surface area (Å²) >= 11 is 0. The summed E-state index contributed by atoms with van der Waals surface area (Å²) in [5.41, 5.74) is 0.144. The van der Waals surface area contributed by atoms with Crippen LogP contribution in [-0.4, -0.2) is 49.9 Å². The van der Waals surface area contributed by atoms with Gasteiger partial charge in [-0.2, -0.15) is 0 Å². The molecule has 1 aliphatic rings. The second-order valence-corrected chi connectivity index (χ2v) is 7.09. The summed E-state index contributed by atoms with van der Waals surface area (Å²) in [6.07, 6.45) is 2.74. The van der Waals surface area contributed by atoms with Gasteiger partial charge in [-0.1, -0.05) is 12.8 Å². The molecular weight excluding hydrogens is 404 g/mol. The monoisotopic (exact) mass is 436 g/mol. The van der Waals surface area contributed by atoms with Gasteiger partial charge >= 0.3 is 12.0 Å². The minimum Gasteiger partial charge on any atom is -0.490 e. The van der Waals surface area contributed by atoms with Gasteiger partial charge in [0.25, 0.3) is 5.91 Å². The van der Waals surface area contributed by atoms with Crippen LogP contribution in [0.2, 0.25) is 0 Å². The second-order valence-electron chi connectivity index (χ2n) is 7.09. The van der Waals surface area contributed by atoms with Gasteiger partial charge in [0.2, 0.25) is 5.75 Å². The number of benzene rings is 1. The van der Waals surface area contributed by atoms with Crippen molar-refractivity contribution in [3.05, 3.63) is 17.7 Å². The smallest absolute Gasteiger partial charge is 0.339 e. The van der Waals surface area contributed by atoms with Crippen molar-refractivity contribution in [1.29, 1.82) is 0 Å². The summed E-state index contributed by atoms with van der Waals surface area (Å²) in [5, 5.41) is 4.97. The number of rotatable bonds is 10. The number of esters is 1. The molecule has 0 bridgehead atoms. The molecule has 0 radical (unpaired) electrons. The van der Waals surface area contributed by atoms with E-state index in [2.05, 4.69) is 10.6 Å². The van der Waals surface area contributed by atoms with Crippen LogP contribution in [-0.2, 0) is 9.53 Å². The molecule has 31 heavy (non-hydrogen) atoms. The number of urea groups is 1. The zero-order valence-corrected chi connectivity index (χ0v) is 18.6. The summed E-state index contributed by atoms with van der Waals surface area (Å²) in [4.78, 5) is 36.9. The number of ether oxygens (including phenoxy) is 4. The Morgan fingerprint density at radius 2 is 1.52 bits per heavy atom. The van der Waals surface area contributed by atoms with Gasteiger partial charge in [-0.05, 0) is 52.7 Å². The lowest BCUT2D eigenvalue weighted by molar-refractivity contribution is -0.127. The third kappa shape index (κ3) is 7.04. The fourth-order valence-electron chi connectivity index (χ4n) is 3.29. The third-order valence-electron chi connectivity index (χ3n) is 4.72. The molecule has 1 aliphatic carbocycles. The normalized spacial score (nSPS) is 14.5. The van der Waals surface area contributed by atoms with Crippen LogP contribution in [0.4, 0.5) is 4.79 Å². The van der Waals surface area contributed by atoms with Gasteiger partial charge in [-0.25, -0.2) is 9.59 Å². The van der Waals surface area contributed by atoms with Gasteiger partial charge in [0.1, 0.15) is 0 Å². The molecule has 0 aliphatic heterocycles. The molecule has 3 amide bonds. The highest BCUT2D eigenvalue weighted by Crippen LogP contribution is 2.39. The number of hydrogen-bond donors (Lipinski definition) is 2. The first-order valence-corrected chi connectivity index (χ1v) is 10.8. The van der Waals surface area contributed by atoms with Crippen molar-refractivity contribution >= 4 is 17.9 Å². The topological polar surface area (TPSA) is 112 Å². The summed E-state index contributed by atoms with van der Waals surface area (Å²) in [6, 6.07) is 2.45. The van der Waals surface area contributed by atoms with E-state index in [0.717, 1.165) is 25.7 Å². The van der Waals surface area contributed by atoms with E-state index >= 15 is 0 Å². The lowest BCUT2D eigenvalue weighted by Crippen LogP contribution is -2.47. The maximum atomic E-state index is 12.7. The van der Waals surface area contributed by atoms with Crippen LogP contribution in [0.15, 0.2) is 12.1 Å². The highest BCUT2D eigenvalue weighted by atomic mass is 16.6. The second kappa shape index (κ2) is 12.0. The van der Waals surface area contributed by atoms with E-state index in [1.165, 1.54) is 19.1 Å². The summed E-state index contributed by atoms with van der Waals surface area (Å²) in [6.45, 7) is 7.96. The van der Waals surface area contributed by atoms with Gasteiger partial charge in [0, 0.05) is 6.04 Å². The molecule has 0 heterocycles. The average molecular weight is 437 g/mol. The van der Waals surface area contributed by atoms with Gasteiger partial charge in [0.05, 0.1) is 25.4 Å². The quantitative estimate of drug-likeness (QED) is 0.542. The number of imide groups is 1. The van der Waals surface area contributed by atoms with Crippen LogP contribution in [0.3, 0.4) is 0 Å². The van der Waals surface area contributed by atoms with Crippen LogP contribution in [0, 0.1) is 0 Å². The first kappa shape index (κ1) is 24.3. The molecule has 1 atom stereocenters. The molecule has 1 aromatic rings. The lowest BCUT2D eigenvalue weighted by atomic mass is 10.1. The van der Waals surface area contributed by atoms with E-state index in [1.54, 1.807) is 0 Å². The van der Waals surface area contributed by atoms with Crippen molar-refractivity contribution in [3.63, 3.8) is 0 Å². The molecule has 0 aromatic heterocycles. The van der Waals surface area contributed by atoms with Crippen LogP contribution in [0.1, 0.15) is 63.7 Å². The van der Waals surface area contributed by atoms with E-state index in [9.17, 15) is 14.4 Å². The Bertz CT molecular complexity index is 748. The molecule has 9 nitrogen and oxygen atoms in total.